The predicted molar refractivity (Wildman–Crippen MR) is 162 cm³/mol. The Labute approximate surface area is 249 Å². The van der Waals surface area contributed by atoms with Gasteiger partial charge in [-0.15, -0.1) is 0 Å². The Morgan fingerprint density at radius 3 is 2.34 bits per heavy atom. The fraction of sp³-hybridized carbons (Fsp3) is 0.667. The predicted octanol–water partition coefficient (Wildman–Crippen LogP) is 4.87. The summed E-state index contributed by atoms with van der Waals surface area (Å²) in [5, 5.41) is 16.2. The first-order valence-electron chi connectivity index (χ1n) is 14.3. The summed E-state index contributed by atoms with van der Waals surface area (Å²) in [5.74, 6) is -1.31. The molecule has 41 heavy (non-hydrogen) atoms. The van der Waals surface area contributed by atoms with E-state index < -0.39 is 48.1 Å². The zero-order valence-corrected chi connectivity index (χ0v) is 26.5. The molecule has 0 aliphatic carbocycles. The molecule has 3 N–H and O–H groups in total. The SMILES string of the molecule is CCCCCCCCN(C(=O)C(CCSC)NC(=O)OC(C)(C)C)C(C(=O)NCC(=O)OC)c1cccc(C)c1O. The van der Waals surface area contributed by atoms with Gasteiger partial charge in [0, 0.05) is 12.1 Å². The zero-order valence-electron chi connectivity index (χ0n) is 25.7. The number of carbonyl (C=O) groups is 4. The Balaban J connectivity index is 3.52. The number of alkyl carbamates (subject to hydrolysis) is 1. The summed E-state index contributed by atoms with van der Waals surface area (Å²) < 4.78 is 10.1. The topological polar surface area (TPSA) is 134 Å². The average molecular weight is 596 g/mol. The van der Waals surface area contributed by atoms with Crippen LogP contribution in [0.3, 0.4) is 0 Å². The number of thioether (sulfide) groups is 1. The van der Waals surface area contributed by atoms with Crippen LogP contribution in [-0.4, -0.2) is 77.7 Å². The highest BCUT2D eigenvalue weighted by molar-refractivity contribution is 7.98. The number of methoxy groups -OCH3 is 1. The van der Waals surface area contributed by atoms with Crippen molar-refractivity contribution in [2.24, 2.45) is 0 Å². The lowest BCUT2D eigenvalue weighted by molar-refractivity contribution is -0.144. The first-order valence-corrected chi connectivity index (χ1v) is 15.7. The molecule has 0 aromatic heterocycles. The van der Waals surface area contributed by atoms with Crippen LogP contribution in [0.5, 0.6) is 5.75 Å². The molecule has 0 bridgehead atoms. The quantitative estimate of drug-likeness (QED) is 0.172. The normalized spacial score (nSPS) is 12.7. The van der Waals surface area contributed by atoms with Crippen LogP contribution in [-0.2, 0) is 23.9 Å². The summed E-state index contributed by atoms with van der Waals surface area (Å²) in [4.78, 5) is 53.8. The highest BCUT2D eigenvalue weighted by Gasteiger charge is 2.37. The molecular formula is C30H49N3O7S. The molecule has 1 aromatic rings. The number of para-hydroxylation sites is 1. The molecule has 0 saturated heterocycles. The Morgan fingerprint density at radius 1 is 1.07 bits per heavy atom. The van der Waals surface area contributed by atoms with Gasteiger partial charge in [-0.2, -0.15) is 11.8 Å². The number of hydrogen-bond acceptors (Lipinski definition) is 8. The number of ether oxygens (including phenoxy) is 2. The van der Waals surface area contributed by atoms with E-state index in [4.69, 9.17) is 4.74 Å². The van der Waals surface area contributed by atoms with E-state index in [0.717, 1.165) is 32.1 Å². The van der Waals surface area contributed by atoms with E-state index in [1.165, 1.54) is 23.8 Å². The van der Waals surface area contributed by atoms with Crippen molar-refractivity contribution >= 4 is 35.6 Å². The molecule has 1 aromatic carbocycles. The summed E-state index contributed by atoms with van der Waals surface area (Å²) in [5.41, 5.74) is -0.00224. The molecule has 2 unspecified atom stereocenters. The molecule has 0 heterocycles. The number of aromatic hydroxyl groups is 1. The van der Waals surface area contributed by atoms with Gasteiger partial charge >= 0.3 is 12.1 Å². The lowest BCUT2D eigenvalue weighted by Gasteiger charge is -2.35. The van der Waals surface area contributed by atoms with E-state index in [1.807, 2.05) is 6.26 Å². The molecule has 0 aliphatic rings. The maximum absolute atomic E-state index is 14.2. The second-order valence-electron chi connectivity index (χ2n) is 11.0. The molecule has 232 valence electrons. The largest absolute Gasteiger partial charge is 0.507 e. The van der Waals surface area contributed by atoms with Crippen LogP contribution in [0.2, 0.25) is 0 Å². The molecule has 3 amide bonds. The van der Waals surface area contributed by atoms with Gasteiger partial charge in [-0.25, -0.2) is 4.79 Å². The maximum atomic E-state index is 14.2. The number of nitrogens with zero attached hydrogens (tertiary/aromatic N) is 1. The Hall–Kier alpha value is -2.95. The first-order chi connectivity index (χ1) is 19.4. The summed E-state index contributed by atoms with van der Waals surface area (Å²) in [6.45, 7) is 8.85. The maximum Gasteiger partial charge on any atom is 0.408 e. The van der Waals surface area contributed by atoms with Gasteiger partial charge in [0.1, 0.15) is 30.0 Å². The molecule has 11 heteroatoms. The van der Waals surface area contributed by atoms with Gasteiger partial charge in [-0.05, 0) is 58.1 Å². The average Bonchev–Trinajstić information content (AvgIpc) is 2.91. The third-order valence-electron chi connectivity index (χ3n) is 6.39. The monoisotopic (exact) mass is 595 g/mol. The van der Waals surface area contributed by atoms with Gasteiger partial charge < -0.3 is 30.1 Å². The van der Waals surface area contributed by atoms with E-state index >= 15 is 0 Å². The Morgan fingerprint density at radius 2 is 1.73 bits per heavy atom. The number of unbranched alkanes of at least 4 members (excludes halogenated alkanes) is 5. The minimum absolute atomic E-state index is 0.118. The molecule has 0 spiro atoms. The number of rotatable bonds is 17. The van der Waals surface area contributed by atoms with Crippen LogP contribution < -0.4 is 10.6 Å². The fourth-order valence-electron chi connectivity index (χ4n) is 4.25. The van der Waals surface area contributed by atoms with Crippen LogP contribution in [0.1, 0.15) is 89.8 Å². The molecule has 10 nitrogen and oxygen atoms in total. The minimum Gasteiger partial charge on any atom is -0.507 e. The highest BCUT2D eigenvalue weighted by Crippen LogP contribution is 2.33. The highest BCUT2D eigenvalue weighted by atomic mass is 32.2. The zero-order chi connectivity index (χ0) is 31.0. The smallest absolute Gasteiger partial charge is 0.408 e. The van der Waals surface area contributed by atoms with Crippen LogP contribution in [0.4, 0.5) is 4.79 Å². The number of hydrogen-bond donors (Lipinski definition) is 3. The number of amides is 3. The molecule has 0 aliphatic heterocycles. The molecule has 0 fully saturated rings. The van der Waals surface area contributed by atoms with Crippen LogP contribution >= 0.6 is 11.8 Å². The van der Waals surface area contributed by atoms with Gasteiger partial charge in [0.15, 0.2) is 0 Å². The number of nitrogens with one attached hydrogen (secondary N) is 2. The van der Waals surface area contributed by atoms with E-state index in [2.05, 4.69) is 22.3 Å². The van der Waals surface area contributed by atoms with Crippen molar-refractivity contribution in [3.8, 4) is 5.75 Å². The van der Waals surface area contributed by atoms with Gasteiger partial charge in [0.25, 0.3) is 0 Å². The van der Waals surface area contributed by atoms with E-state index in [0.29, 0.717) is 24.2 Å². The van der Waals surface area contributed by atoms with Crippen molar-refractivity contribution in [3.63, 3.8) is 0 Å². The summed E-state index contributed by atoms with van der Waals surface area (Å²) >= 11 is 1.52. The van der Waals surface area contributed by atoms with Crippen LogP contribution in [0, 0.1) is 6.92 Å². The lowest BCUT2D eigenvalue weighted by atomic mass is 9.98. The fourth-order valence-corrected chi connectivity index (χ4v) is 4.72. The minimum atomic E-state index is -1.25. The van der Waals surface area contributed by atoms with E-state index in [1.54, 1.807) is 45.9 Å². The molecular weight excluding hydrogens is 546 g/mol. The number of carbonyl (C=O) groups excluding carboxylic acids is 4. The van der Waals surface area contributed by atoms with Gasteiger partial charge in [-0.3, -0.25) is 14.4 Å². The van der Waals surface area contributed by atoms with E-state index in [9.17, 15) is 24.3 Å². The third-order valence-corrected chi connectivity index (χ3v) is 7.04. The summed E-state index contributed by atoms with van der Waals surface area (Å²) in [6, 6.07) is 2.76. The van der Waals surface area contributed by atoms with Crippen LogP contribution in [0.25, 0.3) is 0 Å². The number of esters is 1. The second kappa shape index (κ2) is 18.5. The summed E-state index contributed by atoms with van der Waals surface area (Å²) in [6.07, 6.45) is 7.21. The van der Waals surface area contributed by atoms with Crippen molar-refractivity contribution in [2.45, 2.75) is 97.2 Å². The number of phenols is 1. The number of benzene rings is 1. The van der Waals surface area contributed by atoms with Gasteiger partial charge in [0.05, 0.1) is 7.11 Å². The Kier molecular flexibility index (Phi) is 16.3. The number of aryl methyl sites for hydroxylation is 1. The number of phenolic OH excluding ortho intramolecular Hbond substituents is 1. The molecule has 0 radical (unpaired) electrons. The van der Waals surface area contributed by atoms with Crippen LogP contribution in [0.15, 0.2) is 18.2 Å². The molecule has 0 saturated carbocycles. The van der Waals surface area contributed by atoms with Crippen molar-refractivity contribution < 1.29 is 33.8 Å². The third kappa shape index (κ3) is 13.1. The second-order valence-corrected chi connectivity index (χ2v) is 12.0. The molecule has 2 atom stereocenters. The van der Waals surface area contributed by atoms with Crippen molar-refractivity contribution in [3.05, 3.63) is 29.3 Å². The lowest BCUT2D eigenvalue weighted by Crippen LogP contribution is -2.53. The Bertz CT molecular complexity index is 997. The van der Waals surface area contributed by atoms with Crippen molar-refractivity contribution in [1.82, 2.24) is 15.5 Å². The van der Waals surface area contributed by atoms with Gasteiger partial charge in [-0.1, -0.05) is 57.2 Å². The standard InChI is InChI=1S/C30H49N3O7S/c1-8-9-10-11-12-13-18-33(28(37)23(17-19-41-7)32-29(38)40-30(3,4)5)25(27(36)31-20-24(34)39-6)22-16-14-15-21(2)26(22)35/h14-16,23,25,35H,8-13,17-20H2,1-7H3,(H,31,36)(H,32,38). The molecule has 1 rings (SSSR count). The van der Waals surface area contributed by atoms with Gasteiger partial charge in [0.2, 0.25) is 11.8 Å². The first kappa shape index (κ1) is 36.1. The van der Waals surface area contributed by atoms with E-state index in [-0.39, 0.29) is 17.9 Å². The van der Waals surface area contributed by atoms with Crippen molar-refractivity contribution in [2.75, 3.05) is 32.2 Å². The van der Waals surface area contributed by atoms with Crippen molar-refractivity contribution in [1.29, 1.82) is 0 Å². The summed E-state index contributed by atoms with van der Waals surface area (Å²) in [7, 11) is 1.21.